The van der Waals surface area contributed by atoms with Crippen molar-refractivity contribution in [3.05, 3.63) is 29.8 Å². The van der Waals surface area contributed by atoms with Crippen molar-refractivity contribution in [2.24, 2.45) is 0 Å². The molecule has 6 nitrogen and oxygen atoms in total. The first-order chi connectivity index (χ1) is 13.3. The smallest absolute Gasteiger partial charge is 0.480 e. The Hall–Kier alpha value is -2.68. The van der Waals surface area contributed by atoms with E-state index in [0.717, 1.165) is 30.3 Å². The molecule has 9 heteroatoms. The zero-order chi connectivity index (χ0) is 20.7. The number of hydrogen-bond acceptors (Lipinski definition) is 6. The lowest BCUT2D eigenvalue weighted by Gasteiger charge is -2.17. The highest BCUT2D eigenvalue weighted by Gasteiger charge is 2.31. The lowest BCUT2D eigenvalue weighted by Crippen LogP contribution is -2.17. The number of benzene rings is 1. The fourth-order valence-corrected chi connectivity index (χ4v) is 2.55. The second kappa shape index (κ2) is 9.50. The molecule has 0 unspecified atom stereocenters. The number of nitrogens with zero attached hydrogens (tertiary/aromatic N) is 1. The third-order valence-corrected chi connectivity index (χ3v) is 3.71. The average Bonchev–Trinajstić information content (AvgIpc) is 2.64. The van der Waals surface area contributed by atoms with E-state index in [4.69, 9.17) is 14.2 Å². The van der Waals surface area contributed by atoms with Crippen molar-refractivity contribution in [3.8, 4) is 28.6 Å². The number of nitrogens with one attached hydrogen (secondary N) is 1. The van der Waals surface area contributed by atoms with Gasteiger partial charge < -0.3 is 24.3 Å². The molecule has 1 aromatic heterocycles. The molecular weight excluding hydrogens is 377 g/mol. The minimum atomic E-state index is -4.80. The van der Waals surface area contributed by atoms with Crippen LogP contribution in [0.5, 0.6) is 17.4 Å². The Morgan fingerprint density at radius 3 is 2.50 bits per heavy atom. The molecule has 0 atom stereocenters. The summed E-state index contributed by atoms with van der Waals surface area (Å²) in [6.45, 7) is 4.49. The molecule has 0 radical (unpaired) electrons. The van der Waals surface area contributed by atoms with Gasteiger partial charge in [-0.15, -0.1) is 13.2 Å². The van der Waals surface area contributed by atoms with Crippen LogP contribution in [0.2, 0.25) is 0 Å². The fourth-order valence-electron chi connectivity index (χ4n) is 2.55. The number of methoxy groups -OCH3 is 2. The van der Waals surface area contributed by atoms with Crippen LogP contribution in [-0.2, 0) is 4.74 Å². The SMILES string of the molecule is CCCNc1cc(C)c(-c2ccc(OC(F)(F)F)cc2OCOC)nc1OC. The lowest BCUT2D eigenvalue weighted by molar-refractivity contribution is -0.274. The van der Waals surface area contributed by atoms with E-state index in [1.807, 2.05) is 19.9 Å². The van der Waals surface area contributed by atoms with Crippen LogP contribution in [0.4, 0.5) is 18.9 Å². The Kier molecular flexibility index (Phi) is 7.33. The van der Waals surface area contributed by atoms with Gasteiger partial charge in [-0.25, -0.2) is 4.98 Å². The number of hydrogen-bond donors (Lipinski definition) is 1. The maximum atomic E-state index is 12.5. The second-order valence-corrected chi connectivity index (χ2v) is 5.89. The fraction of sp³-hybridized carbons (Fsp3) is 0.421. The molecule has 0 saturated carbocycles. The Bertz CT molecular complexity index is 797. The number of rotatable bonds is 9. The van der Waals surface area contributed by atoms with Gasteiger partial charge in [-0.2, -0.15) is 0 Å². The highest BCUT2D eigenvalue weighted by Crippen LogP contribution is 2.38. The first-order valence-corrected chi connectivity index (χ1v) is 8.60. The molecule has 1 heterocycles. The topological polar surface area (TPSA) is 61.8 Å². The molecule has 2 rings (SSSR count). The van der Waals surface area contributed by atoms with Crippen LogP contribution in [0.25, 0.3) is 11.3 Å². The Balaban J connectivity index is 2.49. The first kappa shape index (κ1) is 21.6. The number of ether oxygens (including phenoxy) is 4. The summed E-state index contributed by atoms with van der Waals surface area (Å²) in [5, 5.41) is 3.23. The highest BCUT2D eigenvalue weighted by molar-refractivity contribution is 5.74. The summed E-state index contributed by atoms with van der Waals surface area (Å²) in [6, 6.07) is 5.69. The van der Waals surface area contributed by atoms with Crippen molar-refractivity contribution in [1.29, 1.82) is 0 Å². The zero-order valence-electron chi connectivity index (χ0n) is 16.1. The highest BCUT2D eigenvalue weighted by atomic mass is 19.4. The molecule has 154 valence electrons. The molecule has 1 aromatic carbocycles. The molecule has 2 aromatic rings. The van der Waals surface area contributed by atoms with E-state index in [9.17, 15) is 13.2 Å². The van der Waals surface area contributed by atoms with E-state index in [1.165, 1.54) is 26.4 Å². The van der Waals surface area contributed by atoms with Crippen molar-refractivity contribution in [1.82, 2.24) is 4.98 Å². The van der Waals surface area contributed by atoms with Gasteiger partial charge in [-0.3, -0.25) is 0 Å². The molecule has 0 bridgehead atoms. The van der Waals surface area contributed by atoms with Crippen molar-refractivity contribution in [2.45, 2.75) is 26.6 Å². The van der Waals surface area contributed by atoms with Crippen molar-refractivity contribution >= 4 is 5.69 Å². The van der Waals surface area contributed by atoms with Crippen LogP contribution in [-0.4, -0.2) is 38.9 Å². The van der Waals surface area contributed by atoms with Gasteiger partial charge in [-0.05, 0) is 37.1 Å². The summed E-state index contributed by atoms with van der Waals surface area (Å²) >= 11 is 0. The number of alkyl halides is 3. The summed E-state index contributed by atoms with van der Waals surface area (Å²) in [6.07, 6.45) is -3.87. The summed E-state index contributed by atoms with van der Waals surface area (Å²) in [5.74, 6) is 0.131. The molecule has 0 aliphatic heterocycles. The van der Waals surface area contributed by atoms with E-state index in [2.05, 4.69) is 15.0 Å². The molecule has 1 N–H and O–H groups in total. The van der Waals surface area contributed by atoms with Gasteiger partial charge in [-0.1, -0.05) is 6.92 Å². The Morgan fingerprint density at radius 1 is 1.14 bits per heavy atom. The second-order valence-electron chi connectivity index (χ2n) is 5.89. The quantitative estimate of drug-likeness (QED) is 0.612. The summed E-state index contributed by atoms with van der Waals surface area (Å²) in [5.41, 5.74) is 2.54. The molecular formula is C19H23F3N2O4. The molecule has 0 spiro atoms. The first-order valence-electron chi connectivity index (χ1n) is 8.60. The predicted molar refractivity (Wildman–Crippen MR) is 98.9 cm³/mol. The summed E-state index contributed by atoms with van der Waals surface area (Å²) in [7, 11) is 2.91. The monoisotopic (exact) mass is 400 g/mol. The average molecular weight is 400 g/mol. The number of aryl methyl sites for hydroxylation is 1. The molecule has 28 heavy (non-hydrogen) atoms. The lowest BCUT2D eigenvalue weighted by atomic mass is 10.0. The van der Waals surface area contributed by atoms with E-state index in [1.54, 1.807) is 0 Å². The van der Waals surface area contributed by atoms with E-state index < -0.39 is 12.1 Å². The van der Waals surface area contributed by atoms with Crippen molar-refractivity contribution in [3.63, 3.8) is 0 Å². The normalized spacial score (nSPS) is 11.2. The number of anilines is 1. The van der Waals surface area contributed by atoms with Gasteiger partial charge in [0.25, 0.3) is 0 Å². The number of pyridine rings is 1. The minimum absolute atomic E-state index is 0.144. The van der Waals surface area contributed by atoms with E-state index >= 15 is 0 Å². The van der Waals surface area contributed by atoms with Crippen LogP contribution < -0.4 is 19.5 Å². The van der Waals surface area contributed by atoms with Gasteiger partial charge in [0.15, 0.2) is 6.79 Å². The standard InChI is InChI=1S/C19H23F3N2O4/c1-5-8-23-15-9-12(2)17(24-18(15)26-4)14-7-6-13(28-19(20,21)22)10-16(14)27-11-25-3/h6-7,9-10,23H,5,8,11H2,1-4H3. The third-order valence-electron chi connectivity index (χ3n) is 3.71. The van der Waals surface area contributed by atoms with Crippen molar-refractivity contribution < 1.29 is 32.1 Å². The van der Waals surface area contributed by atoms with Crippen LogP contribution in [0.15, 0.2) is 24.3 Å². The maximum absolute atomic E-state index is 12.5. The van der Waals surface area contributed by atoms with Gasteiger partial charge in [0, 0.05) is 25.3 Å². The van der Waals surface area contributed by atoms with Gasteiger partial charge >= 0.3 is 6.36 Å². The number of halogens is 3. The van der Waals surface area contributed by atoms with E-state index in [0.29, 0.717) is 17.1 Å². The summed E-state index contributed by atoms with van der Waals surface area (Å²) in [4.78, 5) is 4.52. The molecule has 0 aliphatic carbocycles. The van der Waals surface area contributed by atoms with Gasteiger partial charge in [0.05, 0.1) is 18.5 Å². The van der Waals surface area contributed by atoms with Crippen LogP contribution in [0.1, 0.15) is 18.9 Å². The van der Waals surface area contributed by atoms with Crippen LogP contribution in [0, 0.1) is 6.92 Å². The molecule has 0 amide bonds. The maximum Gasteiger partial charge on any atom is 0.573 e. The number of aromatic nitrogens is 1. The predicted octanol–water partition coefficient (Wildman–Crippen LogP) is 4.77. The summed E-state index contributed by atoms with van der Waals surface area (Å²) < 4.78 is 57.3. The Labute approximate surface area is 161 Å². The zero-order valence-corrected chi connectivity index (χ0v) is 16.1. The minimum Gasteiger partial charge on any atom is -0.480 e. The van der Waals surface area contributed by atoms with E-state index in [-0.39, 0.29) is 12.5 Å². The van der Waals surface area contributed by atoms with Gasteiger partial charge in [0.2, 0.25) is 5.88 Å². The molecule has 0 saturated heterocycles. The van der Waals surface area contributed by atoms with Crippen LogP contribution >= 0.6 is 0 Å². The van der Waals surface area contributed by atoms with Crippen molar-refractivity contribution in [2.75, 3.05) is 32.9 Å². The Morgan fingerprint density at radius 2 is 1.89 bits per heavy atom. The molecule has 0 fully saturated rings. The van der Waals surface area contributed by atoms with Crippen LogP contribution in [0.3, 0.4) is 0 Å². The van der Waals surface area contributed by atoms with Gasteiger partial charge in [0.1, 0.15) is 11.5 Å². The molecule has 0 aliphatic rings. The largest absolute Gasteiger partial charge is 0.573 e. The third kappa shape index (κ3) is 5.66.